The van der Waals surface area contributed by atoms with Gasteiger partial charge in [-0.3, -0.25) is 0 Å². The van der Waals surface area contributed by atoms with E-state index < -0.39 is 23.5 Å². The van der Waals surface area contributed by atoms with E-state index in [4.69, 9.17) is 15.6 Å². The van der Waals surface area contributed by atoms with Gasteiger partial charge in [-0.25, -0.2) is 19.3 Å². The molecule has 0 aromatic carbocycles. The standard InChI is InChI=1S/C10H18FN3O6S/c1-13(3-4-14(2)10(18)20-11)9(17)19-5-6-21-7(12)8(15)16/h7H,3-6,12H2,1-2H3,(H,15,16). The molecule has 11 heteroatoms. The van der Waals surface area contributed by atoms with Crippen LogP contribution < -0.4 is 5.73 Å². The molecule has 0 aromatic heterocycles. The minimum atomic E-state index is -1.16. The first kappa shape index (κ1) is 19.2. The van der Waals surface area contributed by atoms with Gasteiger partial charge in [-0.2, -0.15) is 0 Å². The van der Waals surface area contributed by atoms with Crippen molar-refractivity contribution in [1.29, 1.82) is 0 Å². The van der Waals surface area contributed by atoms with E-state index >= 15 is 0 Å². The first-order chi connectivity index (χ1) is 9.79. The maximum absolute atomic E-state index is 11.6. The molecule has 2 amide bonds. The zero-order chi connectivity index (χ0) is 16.4. The van der Waals surface area contributed by atoms with Crippen LogP contribution in [0.2, 0.25) is 0 Å². The van der Waals surface area contributed by atoms with Crippen molar-refractivity contribution < 1.29 is 33.7 Å². The Morgan fingerprint density at radius 2 is 1.76 bits per heavy atom. The molecule has 0 rings (SSSR count). The number of carboxylic acids is 1. The van der Waals surface area contributed by atoms with Crippen molar-refractivity contribution >= 4 is 29.9 Å². The molecule has 0 saturated carbocycles. The number of carbonyl (C=O) groups is 3. The summed E-state index contributed by atoms with van der Waals surface area (Å²) in [5, 5.41) is 7.47. The van der Waals surface area contributed by atoms with Crippen LogP contribution >= 0.6 is 11.8 Å². The Hall–Kier alpha value is -1.75. The first-order valence-corrected chi connectivity index (χ1v) is 6.86. The predicted molar refractivity (Wildman–Crippen MR) is 72.3 cm³/mol. The third-order valence-corrected chi connectivity index (χ3v) is 3.27. The van der Waals surface area contributed by atoms with Gasteiger partial charge < -0.3 is 25.4 Å². The van der Waals surface area contributed by atoms with Gasteiger partial charge in [-0.05, 0) is 0 Å². The number of carbonyl (C=O) groups excluding carboxylic acids is 2. The summed E-state index contributed by atoms with van der Waals surface area (Å²) in [6, 6.07) is 0. The number of nitrogens with two attached hydrogens (primary N) is 1. The number of hydrogen-bond acceptors (Lipinski definition) is 7. The lowest BCUT2D eigenvalue weighted by Gasteiger charge is -2.20. The highest BCUT2D eigenvalue weighted by Crippen LogP contribution is 2.05. The van der Waals surface area contributed by atoms with E-state index in [-0.39, 0.29) is 25.4 Å². The van der Waals surface area contributed by atoms with Gasteiger partial charge in [0.25, 0.3) is 0 Å². The molecule has 122 valence electrons. The van der Waals surface area contributed by atoms with Gasteiger partial charge in [0.05, 0.1) is 0 Å². The summed E-state index contributed by atoms with van der Waals surface area (Å²) in [4.78, 5) is 37.9. The molecule has 0 aliphatic rings. The SMILES string of the molecule is CN(CCN(C)C(=O)OCCSC(N)C(=O)O)C(=O)OF. The summed E-state index contributed by atoms with van der Waals surface area (Å²) < 4.78 is 16.5. The fourth-order valence-corrected chi connectivity index (χ4v) is 1.60. The molecule has 0 aliphatic carbocycles. The molecule has 0 aliphatic heterocycles. The second-order valence-electron chi connectivity index (χ2n) is 3.93. The Morgan fingerprint density at radius 1 is 1.24 bits per heavy atom. The summed E-state index contributed by atoms with van der Waals surface area (Å²) in [5.74, 6) is -0.910. The number of aliphatic carboxylic acids is 1. The second kappa shape index (κ2) is 10.0. The largest absolute Gasteiger partial charge is 0.479 e. The molecule has 9 nitrogen and oxygen atoms in total. The minimum Gasteiger partial charge on any atom is -0.479 e. The molecular formula is C10H18FN3O6S. The zero-order valence-corrected chi connectivity index (χ0v) is 12.5. The Kier molecular flexibility index (Phi) is 9.21. The van der Waals surface area contributed by atoms with E-state index in [0.29, 0.717) is 0 Å². The van der Waals surface area contributed by atoms with Crippen molar-refractivity contribution in [3.8, 4) is 0 Å². The van der Waals surface area contributed by atoms with Gasteiger partial charge in [0, 0.05) is 37.5 Å². The number of nitrogens with zero attached hydrogens (tertiary/aromatic N) is 2. The molecule has 1 unspecified atom stereocenters. The Labute approximate surface area is 125 Å². The summed E-state index contributed by atoms with van der Waals surface area (Å²) >= 11 is 0.935. The van der Waals surface area contributed by atoms with Gasteiger partial charge in [0.15, 0.2) is 5.37 Å². The zero-order valence-electron chi connectivity index (χ0n) is 11.7. The molecule has 21 heavy (non-hydrogen) atoms. The highest BCUT2D eigenvalue weighted by atomic mass is 32.2. The average molecular weight is 327 g/mol. The molecule has 0 fully saturated rings. The smallest absolute Gasteiger partial charge is 0.447 e. The van der Waals surface area contributed by atoms with Crippen LogP contribution in [0.25, 0.3) is 0 Å². The van der Waals surface area contributed by atoms with Crippen LogP contribution in [0.1, 0.15) is 0 Å². The van der Waals surface area contributed by atoms with Crippen molar-refractivity contribution in [3.63, 3.8) is 0 Å². The molecule has 1 atom stereocenters. The third-order valence-electron chi connectivity index (χ3n) is 2.31. The molecule has 0 aromatic rings. The molecule has 0 heterocycles. The Balaban J connectivity index is 3.85. The van der Waals surface area contributed by atoms with Crippen molar-refractivity contribution in [1.82, 2.24) is 9.80 Å². The lowest BCUT2D eigenvalue weighted by atomic mass is 10.5. The van der Waals surface area contributed by atoms with E-state index in [1.807, 2.05) is 0 Å². The highest BCUT2D eigenvalue weighted by molar-refractivity contribution is 8.00. The molecule has 3 N–H and O–H groups in total. The summed E-state index contributed by atoms with van der Waals surface area (Å²) in [6.45, 7) is 0.177. The van der Waals surface area contributed by atoms with Crippen LogP contribution in [0.5, 0.6) is 0 Å². The van der Waals surface area contributed by atoms with Gasteiger partial charge in [-0.1, -0.05) is 0 Å². The number of rotatable bonds is 8. The summed E-state index contributed by atoms with van der Waals surface area (Å²) in [5.41, 5.74) is 5.25. The first-order valence-electron chi connectivity index (χ1n) is 5.81. The van der Waals surface area contributed by atoms with Crippen molar-refractivity contribution in [2.75, 3.05) is 39.5 Å². The maximum Gasteiger partial charge on any atom is 0.447 e. The topological polar surface area (TPSA) is 122 Å². The van der Waals surface area contributed by atoms with Crippen LogP contribution in [0, 0.1) is 0 Å². The highest BCUT2D eigenvalue weighted by Gasteiger charge is 2.15. The van der Waals surface area contributed by atoms with Crippen LogP contribution in [-0.4, -0.2) is 78.0 Å². The second-order valence-corrected chi connectivity index (χ2v) is 5.18. The van der Waals surface area contributed by atoms with Gasteiger partial charge in [0.2, 0.25) is 0 Å². The molecular weight excluding hydrogens is 309 g/mol. The fraction of sp³-hybridized carbons (Fsp3) is 0.700. The quantitative estimate of drug-likeness (QED) is 0.476. The van der Waals surface area contributed by atoms with Crippen LogP contribution in [0.4, 0.5) is 14.1 Å². The van der Waals surface area contributed by atoms with Crippen molar-refractivity contribution in [3.05, 3.63) is 0 Å². The number of thioether (sulfide) groups is 1. The van der Waals surface area contributed by atoms with Crippen molar-refractivity contribution in [2.24, 2.45) is 5.73 Å². The Morgan fingerprint density at radius 3 is 2.24 bits per heavy atom. The number of carboxylic acid groups (broad SMARTS) is 1. The molecule has 0 spiro atoms. The van der Waals surface area contributed by atoms with Gasteiger partial charge >= 0.3 is 18.2 Å². The summed E-state index contributed by atoms with van der Waals surface area (Å²) in [6.07, 6.45) is -1.81. The maximum atomic E-state index is 11.6. The van der Waals surface area contributed by atoms with E-state index in [2.05, 4.69) is 4.94 Å². The molecule has 0 bridgehead atoms. The van der Waals surface area contributed by atoms with E-state index in [9.17, 15) is 18.9 Å². The number of likely N-dealkylation sites (N-methyl/N-ethyl adjacent to an activating group) is 2. The summed E-state index contributed by atoms with van der Waals surface area (Å²) in [7, 11) is 2.75. The van der Waals surface area contributed by atoms with E-state index in [1.54, 1.807) is 0 Å². The number of amides is 2. The minimum absolute atomic E-state index is 0.00280. The lowest BCUT2D eigenvalue weighted by Crippen LogP contribution is -2.37. The van der Waals surface area contributed by atoms with Crippen LogP contribution in [-0.2, 0) is 14.5 Å². The van der Waals surface area contributed by atoms with E-state index in [1.165, 1.54) is 19.0 Å². The van der Waals surface area contributed by atoms with E-state index in [0.717, 1.165) is 16.7 Å². The number of ether oxygens (including phenoxy) is 1. The number of hydrogen-bond donors (Lipinski definition) is 2. The third kappa shape index (κ3) is 8.19. The lowest BCUT2D eigenvalue weighted by molar-refractivity contribution is -0.136. The predicted octanol–water partition coefficient (Wildman–Crippen LogP) is 0.110. The molecule has 0 saturated heterocycles. The van der Waals surface area contributed by atoms with Gasteiger partial charge in [-0.15, -0.1) is 11.8 Å². The molecule has 0 radical (unpaired) electrons. The normalized spacial score (nSPS) is 11.4. The number of halogens is 1. The van der Waals surface area contributed by atoms with Crippen LogP contribution in [0.15, 0.2) is 0 Å². The van der Waals surface area contributed by atoms with Crippen molar-refractivity contribution in [2.45, 2.75) is 5.37 Å². The average Bonchev–Trinajstić information content (AvgIpc) is 2.46. The monoisotopic (exact) mass is 327 g/mol. The fourth-order valence-electron chi connectivity index (χ4n) is 1.03. The van der Waals surface area contributed by atoms with Gasteiger partial charge in [0.1, 0.15) is 6.61 Å². The Bertz CT molecular complexity index is 373. The van der Waals surface area contributed by atoms with Crippen LogP contribution in [0.3, 0.4) is 0 Å².